The summed E-state index contributed by atoms with van der Waals surface area (Å²) in [5.41, 5.74) is -3.10. The smallest absolute Gasteiger partial charge is 0.433 e. The number of alkyl halides is 3. The number of thiazole rings is 1. The molecule has 0 atom stereocenters. The van der Waals surface area contributed by atoms with Gasteiger partial charge >= 0.3 is 12.3 Å². The van der Waals surface area contributed by atoms with E-state index in [2.05, 4.69) is 48.8 Å². The van der Waals surface area contributed by atoms with Gasteiger partial charge in [-0.05, 0) is 70.3 Å². The van der Waals surface area contributed by atoms with Crippen LogP contribution in [0.2, 0.25) is 18.1 Å². The van der Waals surface area contributed by atoms with Gasteiger partial charge in [0, 0.05) is 30.1 Å². The van der Waals surface area contributed by atoms with E-state index in [9.17, 15) is 28.1 Å². The standard InChI is InChI=1S/C29H36F3N5O5SSi/c1-26(2,3)41-25(38)36(24-33-13-10-22(35-24)29(30,31)32)19-14-18(15-20(16-19)37(39)40)21-17-34-23(43-21)28(11-9-12-28)42-44(7,8)27(4,5)6/h10,13-17H,9,11-12H2,1-8H3. The van der Waals surface area contributed by atoms with Crippen LogP contribution < -0.4 is 4.90 Å². The highest BCUT2D eigenvalue weighted by Gasteiger charge is 2.50. The summed E-state index contributed by atoms with van der Waals surface area (Å²) in [6, 6.07) is 4.49. The van der Waals surface area contributed by atoms with E-state index in [1.165, 1.54) is 23.5 Å². The van der Waals surface area contributed by atoms with E-state index in [-0.39, 0.29) is 10.7 Å². The Bertz CT molecular complexity index is 1560. The maximum Gasteiger partial charge on any atom is 0.433 e. The third-order valence-corrected chi connectivity index (χ3v) is 13.4. The van der Waals surface area contributed by atoms with E-state index >= 15 is 0 Å². The summed E-state index contributed by atoms with van der Waals surface area (Å²) in [7, 11) is -2.17. The Hall–Kier alpha value is -3.43. The van der Waals surface area contributed by atoms with Crippen LogP contribution in [0.5, 0.6) is 0 Å². The van der Waals surface area contributed by atoms with Gasteiger partial charge in [0.25, 0.3) is 5.69 Å². The number of benzene rings is 1. The number of hydrogen-bond donors (Lipinski definition) is 0. The van der Waals surface area contributed by atoms with Gasteiger partial charge in [0.05, 0.1) is 15.5 Å². The Balaban J connectivity index is 1.83. The average molecular weight is 652 g/mol. The van der Waals surface area contributed by atoms with Crippen molar-refractivity contribution in [3.63, 3.8) is 0 Å². The third-order valence-electron chi connectivity index (χ3n) is 7.68. The van der Waals surface area contributed by atoms with Crippen LogP contribution in [0, 0.1) is 10.1 Å². The lowest BCUT2D eigenvalue weighted by molar-refractivity contribution is -0.384. The van der Waals surface area contributed by atoms with Crippen molar-refractivity contribution in [2.24, 2.45) is 0 Å². The van der Waals surface area contributed by atoms with Gasteiger partial charge in [-0.15, -0.1) is 11.3 Å². The molecule has 1 aliphatic rings. The van der Waals surface area contributed by atoms with Crippen molar-refractivity contribution in [3.8, 4) is 10.4 Å². The van der Waals surface area contributed by atoms with E-state index in [0.717, 1.165) is 36.5 Å². The number of nitro groups is 1. The van der Waals surface area contributed by atoms with E-state index in [0.29, 0.717) is 21.4 Å². The van der Waals surface area contributed by atoms with Gasteiger partial charge in [-0.3, -0.25) is 10.1 Å². The molecule has 1 aliphatic carbocycles. The molecular formula is C29H36F3N5O5SSi. The summed E-state index contributed by atoms with van der Waals surface area (Å²) in [6.45, 7) is 15.6. The van der Waals surface area contributed by atoms with Crippen molar-refractivity contribution < 1.29 is 32.1 Å². The average Bonchev–Trinajstić information content (AvgIpc) is 3.35. The molecule has 1 aromatic carbocycles. The van der Waals surface area contributed by atoms with E-state index in [1.807, 2.05) is 0 Å². The predicted octanol–water partition coefficient (Wildman–Crippen LogP) is 9.00. The first-order chi connectivity index (χ1) is 20.1. The lowest BCUT2D eigenvalue weighted by Crippen LogP contribution is -2.51. The highest BCUT2D eigenvalue weighted by Crippen LogP contribution is 2.52. The molecule has 0 unspecified atom stereocenters. The van der Waals surface area contributed by atoms with Crippen LogP contribution in [-0.4, -0.2) is 39.9 Å². The second-order valence-electron chi connectivity index (χ2n) is 13.3. The fourth-order valence-corrected chi connectivity index (χ4v) is 7.06. The van der Waals surface area contributed by atoms with Crippen LogP contribution in [-0.2, 0) is 20.9 Å². The number of carbonyl (C=O) groups is 1. The van der Waals surface area contributed by atoms with Crippen molar-refractivity contribution in [2.45, 2.75) is 96.3 Å². The number of carbonyl (C=O) groups excluding carboxylic acids is 1. The van der Waals surface area contributed by atoms with Gasteiger partial charge in [0.2, 0.25) is 5.95 Å². The van der Waals surface area contributed by atoms with Crippen LogP contribution in [0.3, 0.4) is 0 Å². The minimum Gasteiger partial charge on any atom is -0.443 e. The minimum atomic E-state index is -4.83. The number of halogens is 3. The van der Waals surface area contributed by atoms with E-state index in [4.69, 9.17) is 9.16 Å². The number of amides is 1. The van der Waals surface area contributed by atoms with Crippen molar-refractivity contribution >= 4 is 43.1 Å². The molecule has 4 rings (SSSR count). The largest absolute Gasteiger partial charge is 0.443 e. The molecule has 0 radical (unpaired) electrons. The Morgan fingerprint density at radius 1 is 1.09 bits per heavy atom. The van der Waals surface area contributed by atoms with Crippen LogP contribution in [0.4, 0.5) is 35.3 Å². The molecule has 0 bridgehead atoms. The second kappa shape index (κ2) is 11.5. The summed E-state index contributed by atoms with van der Waals surface area (Å²) in [5.74, 6) is -0.651. The number of hydrogen-bond acceptors (Lipinski definition) is 9. The molecule has 0 spiro atoms. The van der Waals surface area contributed by atoms with Gasteiger partial charge in [0.15, 0.2) is 8.32 Å². The van der Waals surface area contributed by atoms with Crippen molar-refractivity contribution in [2.75, 3.05) is 4.90 Å². The van der Waals surface area contributed by atoms with Crippen molar-refractivity contribution in [1.82, 2.24) is 15.0 Å². The number of rotatable bonds is 7. The first-order valence-corrected chi connectivity index (χ1v) is 17.7. The topological polar surface area (TPSA) is 121 Å². The molecule has 238 valence electrons. The number of aromatic nitrogens is 3. The first-order valence-electron chi connectivity index (χ1n) is 14.0. The van der Waals surface area contributed by atoms with Crippen LogP contribution in [0.25, 0.3) is 10.4 Å². The molecule has 15 heteroatoms. The molecule has 44 heavy (non-hydrogen) atoms. The minimum absolute atomic E-state index is 0.0266. The zero-order valence-electron chi connectivity index (χ0n) is 25.9. The van der Waals surface area contributed by atoms with Gasteiger partial charge in [-0.25, -0.2) is 24.6 Å². The zero-order chi connectivity index (χ0) is 32.9. The van der Waals surface area contributed by atoms with Crippen LogP contribution in [0.15, 0.2) is 36.7 Å². The molecule has 0 saturated heterocycles. The lowest BCUT2D eigenvalue weighted by atomic mass is 9.81. The van der Waals surface area contributed by atoms with Gasteiger partial charge < -0.3 is 9.16 Å². The Morgan fingerprint density at radius 3 is 2.27 bits per heavy atom. The molecule has 10 nitrogen and oxygen atoms in total. The number of non-ortho nitro benzene ring substituents is 1. The van der Waals surface area contributed by atoms with Crippen molar-refractivity contribution in [3.05, 3.63) is 57.5 Å². The molecular weight excluding hydrogens is 615 g/mol. The number of nitro benzene ring substituents is 1. The molecule has 3 aromatic rings. The first kappa shape index (κ1) is 33.5. The number of anilines is 2. The van der Waals surface area contributed by atoms with E-state index < -0.39 is 54.0 Å². The summed E-state index contributed by atoms with van der Waals surface area (Å²) >= 11 is 1.33. The molecule has 1 amide bonds. The molecule has 0 N–H and O–H groups in total. The number of nitrogens with zero attached hydrogens (tertiary/aromatic N) is 5. The molecule has 0 aliphatic heterocycles. The molecule has 2 heterocycles. The number of ether oxygens (including phenoxy) is 1. The summed E-state index contributed by atoms with van der Waals surface area (Å²) < 4.78 is 52.9. The second-order valence-corrected chi connectivity index (χ2v) is 19.0. The maximum absolute atomic E-state index is 13.5. The third kappa shape index (κ3) is 7.10. The fraction of sp³-hybridized carbons (Fsp3) is 0.517. The molecule has 1 fully saturated rings. The van der Waals surface area contributed by atoms with Gasteiger partial charge in [-0.2, -0.15) is 13.2 Å². The molecule has 1 saturated carbocycles. The van der Waals surface area contributed by atoms with E-state index in [1.54, 1.807) is 27.0 Å². The maximum atomic E-state index is 13.5. The summed E-state index contributed by atoms with van der Waals surface area (Å²) in [4.78, 5) is 38.1. The normalized spacial score (nSPS) is 15.4. The van der Waals surface area contributed by atoms with Crippen LogP contribution >= 0.6 is 11.3 Å². The fourth-order valence-electron chi connectivity index (χ4n) is 4.31. The monoisotopic (exact) mass is 651 g/mol. The quantitative estimate of drug-likeness (QED) is 0.141. The Morgan fingerprint density at radius 2 is 1.75 bits per heavy atom. The highest BCUT2D eigenvalue weighted by molar-refractivity contribution is 7.15. The lowest BCUT2D eigenvalue weighted by Gasteiger charge is -2.49. The highest BCUT2D eigenvalue weighted by atomic mass is 32.1. The molecule has 2 aromatic heterocycles. The Labute approximate surface area is 258 Å². The van der Waals surface area contributed by atoms with Crippen LogP contribution in [0.1, 0.15) is 71.5 Å². The summed E-state index contributed by atoms with van der Waals surface area (Å²) in [6.07, 6.45) is -0.907. The predicted molar refractivity (Wildman–Crippen MR) is 163 cm³/mol. The Kier molecular flexibility index (Phi) is 8.74. The SMILES string of the molecule is CC(C)(C)OC(=O)N(c1cc(-c2cnc(C3(O[Si](C)(C)C(C)(C)C)CCC3)s2)cc([N+](=O)[O-])c1)c1nccc(C(F)(F)F)n1. The van der Waals surface area contributed by atoms with Gasteiger partial charge in [-0.1, -0.05) is 20.8 Å². The zero-order valence-corrected chi connectivity index (χ0v) is 27.7. The van der Waals surface area contributed by atoms with Gasteiger partial charge in [0.1, 0.15) is 21.9 Å². The summed E-state index contributed by atoms with van der Waals surface area (Å²) in [5, 5.41) is 12.7. The van der Waals surface area contributed by atoms with Crippen molar-refractivity contribution in [1.29, 1.82) is 0 Å².